The van der Waals surface area contributed by atoms with Crippen LogP contribution in [-0.4, -0.2) is 11.7 Å². The number of rotatable bonds is 8. The van der Waals surface area contributed by atoms with Gasteiger partial charge in [0.15, 0.2) is 0 Å². The van der Waals surface area contributed by atoms with E-state index < -0.39 is 0 Å². The molecule has 0 amide bonds. The van der Waals surface area contributed by atoms with Crippen molar-refractivity contribution < 1.29 is 5.11 Å². The van der Waals surface area contributed by atoms with Gasteiger partial charge in [0.25, 0.3) is 0 Å². The molecule has 1 rings (SSSR count). The number of aliphatic hydroxyl groups is 1. The van der Waals surface area contributed by atoms with E-state index in [-0.39, 0.29) is 5.41 Å². The third kappa shape index (κ3) is 5.76. The van der Waals surface area contributed by atoms with E-state index in [0.717, 1.165) is 5.92 Å². The molecule has 0 bridgehead atoms. The van der Waals surface area contributed by atoms with Crippen molar-refractivity contribution in [3.05, 3.63) is 0 Å². The highest BCUT2D eigenvalue weighted by Crippen LogP contribution is 2.47. The normalized spacial score (nSPS) is 27.8. The Morgan fingerprint density at radius 1 is 0.950 bits per heavy atom. The molecule has 1 saturated carbocycles. The minimum Gasteiger partial charge on any atom is -0.396 e. The van der Waals surface area contributed by atoms with Crippen LogP contribution in [0.4, 0.5) is 0 Å². The molecular weight excluding hydrogens is 244 g/mol. The summed E-state index contributed by atoms with van der Waals surface area (Å²) in [6, 6.07) is 0. The van der Waals surface area contributed by atoms with Crippen molar-refractivity contribution in [1.82, 2.24) is 0 Å². The molecule has 1 heteroatoms. The molecule has 1 aliphatic rings. The lowest BCUT2D eigenvalue weighted by atomic mass is 9.63. The quantitative estimate of drug-likeness (QED) is 0.545. The molecule has 0 radical (unpaired) electrons. The molecule has 0 aromatic carbocycles. The second kappa shape index (κ2) is 8.41. The number of hydrogen-bond donors (Lipinski definition) is 1. The van der Waals surface area contributed by atoms with Gasteiger partial charge in [-0.1, -0.05) is 66.2 Å². The van der Waals surface area contributed by atoms with Gasteiger partial charge < -0.3 is 5.11 Å². The van der Waals surface area contributed by atoms with Crippen LogP contribution in [0.25, 0.3) is 0 Å². The highest BCUT2D eigenvalue weighted by molar-refractivity contribution is 4.88. The van der Waals surface area contributed by atoms with E-state index in [1.165, 1.54) is 70.6 Å². The molecular formula is C19H38O. The van der Waals surface area contributed by atoms with Crippen molar-refractivity contribution in [2.75, 3.05) is 6.61 Å². The van der Waals surface area contributed by atoms with Crippen molar-refractivity contribution in [3.63, 3.8) is 0 Å². The van der Waals surface area contributed by atoms with Crippen LogP contribution in [-0.2, 0) is 0 Å². The second-order valence-corrected chi connectivity index (χ2v) is 8.32. The fraction of sp³-hybridized carbons (Fsp3) is 1.00. The largest absolute Gasteiger partial charge is 0.396 e. The maximum atomic E-state index is 9.87. The van der Waals surface area contributed by atoms with E-state index in [2.05, 4.69) is 27.7 Å². The Bertz CT molecular complexity index is 243. The summed E-state index contributed by atoms with van der Waals surface area (Å²) in [5.41, 5.74) is 0.717. The van der Waals surface area contributed by atoms with Gasteiger partial charge in [-0.15, -0.1) is 0 Å². The fourth-order valence-electron chi connectivity index (χ4n) is 3.86. The Labute approximate surface area is 127 Å². The molecule has 120 valence electrons. The van der Waals surface area contributed by atoms with Gasteiger partial charge in [-0.05, 0) is 48.9 Å². The van der Waals surface area contributed by atoms with Crippen molar-refractivity contribution in [3.8, 4) is 0 Å². The molecule has 0 aromatic rings. The van der Waals surface area contributed by atoms with Crippen molar-refractivity contribution >= 4 is 0 Å². The minimum atomic E-state index is 0.270. The van der Waals surface area contributed by atoms with Gasteiger partial charge in [-0.3, -0.25) is 0 Å². The van der Waals surface area contributed by atoms with Crippen LogP contribution in [0.1, 0.15) is 98.3 Å². The average molecular weight is 283 g/mol. The monoisotopic (exact) mass is 282 g/mol. The van der Waals surface area contributed by atoms with Crippen LogP contribution in [0, 0.1) is 16.7 Å². The summed E-state index contributed by atoms with van der Waals surface area (Å²) >= 11 is 0. The van der Waals surface area contributed by atoms with Gasteiger partial charge >= 0.3 is 0 Å². The Morgan fingerprint density at radius 2 is 1.50 bits per heavy atom. The van der Waals surface area contributed by atoms with E-state index in [1.54, 1.807) is 0 Å². The lowest BCUT2D eigenvalue weighted by Gasteiger charge is -2.43. The first-order valence-corrected chi connectivity index (χ1v) is 9.04. The Morgan fingerprint density at radius 3 is 2.00 bits per heavy atom. The maximum Gasteiger partial charge on any atom is 0.0487 e. The molecule has 1 aliphatic carbocycles. The predicted octanol–water partition coefficient (Wildman–Crippen LogP) is 5.95. The SMILES string of the molecule is CCCCCCCCC1(CO)CCC(C(C)(C)C)CC1. The van der Waals surface area contributed by atoms with E-state index in [4.69, 9.17) is 0 Å². The zero-order chi connectivity index (χ0) is 15.1. The average Bonchev–Trinajstić information content (AvgIpc) is 2.42. The highest BCUT2D eigenvalue weighted by Gasteiger charge is 2.37. The van der Waals surface area contributed by atoms with Crippen molar-refractivity contribution in [2.45, 2.75) is 98.3 Å². The van der Waals surface area contributed by atoms with Gasteiger partial charge in [0, 0.05) is 6.61 Å². The molecule has 1 fully saturated rings. The topological polar surface area (TPSA) is 20.2 Å². The van der Waals surface area contributed by atoms with Gasteiger partial charge in [0.2, 0.25) is 0 Å². The van der Waals surface area contributed by atoms with Crippen LogP contribution >= 0.6 is 0 Å². The van der Waals surface area contributed by atoms with Crippen molar-refractivity contribution in [2.24, 2.45) is 16.7 Å². The third-order valence-electron chi connectivity index (χ3n) is 5.67. The fourth-order valence-corrected chi connectivity index (χ4v) is 3.86. The smallest absolute Gasteiger partial charge is 0.0487 e. The zero-order valence-corrected chi connectivity index (χ0v) is 14.5. The molecule has 0 spiro atoms. The summed E-state index contributed by atoms with van der Waals surface area (Å²) in [7, 11) is 0. The second-order valence-electron chi connectivity index (χ2n) is 8.32. The van der Waals surface area contributed by atoms with E-state index in [1.807, 2.05) is 0 Å². The van der Waals surface area contributed by atoms with Crippen LogP contribution in [0.2, 0.25) is 0 Å². The summed E-state index contributed by atoms with van der Waals surface area (Å²) in [4.78, 5) is 0. The first kappa shape index (κ1) is 18.0. The standard InChI is InChI=1S/C19H38O/c1-5-6-7-8-9-10-13-19(16-20)14-11-17(12-15-19)18(2,3)4/h17,20H,5-16H2,1-4H3. The number of unbranched alkanes of at least 4 members (excludes halogenated alkanes) is 5. The van der Waals surface area contributed by atoms with Gasteiger partial charge in [0.05, 0.1) is 0 Å². The van der Waals surface area contributed by atoms with Gasteiger partial charge in [0.1, 0.15) is 0 Å². The Kier molecular flexibility index (Phi) is 7.58. The molecule has 1 nitrogen and oxygen atoms in total. The van der Waals surface area contributed by atoms with Crippen molar-refractivity contribution in [1.29, 1.82) is 0 Å². The molecule has 20 heavy (non-hydrogen) atoms. The molecule has 0 aromatic heterocycles. The van der Waals surface area contributed by atoms with E-state index in [9.17, 15) is 5.11 Å². The molecule has 1 N–H and O–H groups in total. The van der Waals surface area contributed by atoms with E-state index in [0.29, 0.717) is 12.0 Å². The number of hydrogen-bond acceptors (Lipinski definition) is 1. The van der Waals surface area contributed by atoms with Crippen LogP contribution < -0.4 is 0 Å². The molecule has 0 saturated heterocycles. The van der Waals surface area contributed by atoms with Crippen LogP contribution in [0.5, 0.6) is 0 Å². The van der Waals surface area contributed by atoms with Crippen LogP contribution in [0.15, 0.2) is 0 Å². The lowest BCUT2D eigenvalue weighted by Crippen LogP contribution is -2.35. The Hall–Kier alpha value is -0.0400. The van der Waals surface area contributed by atoms with Gasteiger partial charge in [-0.2, -0.15) is 0 Å². The summed E-state index contributed by atoms with van der Waals surface area (Å²) in [5.74, 6) is 0.853. The molecule has 0 unspecified atom stereocenters. The summed E-state index contributed by atoms with van der Waals surface area (Å²) in [5, 5.41) is 9.87. The Balaban J connectivity index is 2.28. The van der Waals surface area contributed by atoms with Gasteiger partial charge in [-0.25, -0.2) is 0 Å². The molecule has 0 aliphatic heterocycles. The zero-order valence-electron chi connectivity index (χ0n) is 14.5. The predicted molar refractivity (Wildman–Crippen MR) is 88.9 cm³/mol. The lowest BCUT2D eigenvalue weighted by molar-refractivity contribution is 0.0284. The minimum absolute atomic E-state index is 0.270. The molecule has 0 atom stereocenters. The highest BCUT2D eigenvalue weighted by atomic mass is 16.3. The first-order valence-electron chi connectivity index (χ1n) is 9.04. The van der Waals surface area contributed by atoms with Crippen LogP contribution in [0.3, 0.4) is 0 Å². The van der Waals surface area contributed by atoms with E-state index >= 15 is 0 Å². The summed E-state index contributed by atoms with van der Waals surface area (Å²) in [6.07, 6.45) is 14.6. The number of aliphatic hydroxyl groups excluding tert-OH is 1. The third-order valence-corrected chi connectivity index (χ3v) is 5.67. The maximum absolute atomic E-state index is 9.87. The summed E-state index contributed by atoms with van der Waals surface area (Å²) < 4.78 is 0. The summed E-state index contributed by atoms with van der Waals surface area (Å²) in [6.45, 7) is 9.80. The first-order chi connectivity index (χ1) is 9.43. The molecule has 0 heterocycles.